The molecule has 0 spiro atoms. The van der Waals surface area contributed by atoms with E-state index in [9.17, 15) is 4.79 Å². The average Bonchev–Trinajstić information content (AvgIpc) is 2.94. The van der Waals surface area contributed by atoms with E-state index in [1.807, 2.05) is 4.80 Å². The Labute approximate surface area is 113 Å². The van der Waals surface area contributed by atoms with Crippen LogP contribution in [0.3, 0.4) is 0 Å². The van der Waals surface area contributed by atoms with Gasteiger partial charge in [0, 0.05) is 18.0 Å². The molecule has 1 aromatic rings. The summed E-state index contributed by atoms with van der Waals surface area (Å²) in [6.45, 7) is 0. The molecule has 5 heteroatoms. The number of amides is 1. The molecule has 2 bridgehead atoms. The molecule has 1 amide bonds. The predicted molar refractivity (Wildman–Crippen MR) is 69.3 cm³/mol. The van der Waals surface area contributed by atoms with Crippen LogP contribution < -0.4 is 0 Å². The zero-order valence-electron chi connectivity index (χ0n) is 11.1. The highest BCUT2D eigenvalue weighted by Gasteiger charge is 2.46. The first-order chi connectivity index (χ1) is 9.33. The zero-order valence-corrected chi connectivity index (χ0v) is 11.1. The Hall–Kier alpha value is -1.39. The standard InChI is InChI=1S/C14H20N4O/c19-14(10-2-1-3-10)17-11-4-5-12(17)9-13(8-11)18-15-6-7-16-18/h6-7,10-13H,1-5,8-9H2. The molecular formula is C14H20N4O. The predicted octanol–water partition coefficient (Wildman–Crippen LogP) is 1.77. The van der Waals surface area contributed by atoms with Crippen molar-refractivity contribution in [3.8, 4) is 0 Å². The van der Waals surface area contributed by atoms with E-state index in [-0.39, 0.29) is 0 Å². The summed E-state index contributed by atoms with van der Waals surface area (Å²) in [5, 5.41) is 8.54. The van der Waals surface area contributed by atoms with Crippen LogP contribution in [0.4, 0.5) is 0 Å². The summed E-state index contributed by atoms with van der Waals surface area (Å²) in [5.74, 6) is 0.771. The van der Waals surface area contributed by atoms with Crippen molar-refractivity contribution >= 4 is 5.91 Å². The fourth-order valence-electron chi connectivity index (χ4n) is 3.98. The minimum absolute atomic E-state index is 0.336. The van der Waals surface area contributed by atoms with Crippen molar-refractivity contribution in [2.24, 2.45) is 5.92 Å². The van der Waals surface area contributed by atoms with E-state index < -0.39 is 0 Å². The molecule has 2 atom stereocenters. The first kappa shape index (κ1) is 11.4. The monoisotopic (exact) mass is 260 g/mol. The minimum Gasteiger partial charge on any atom is -0.336 e. The second-order valence-corrected chi connectivity index (χ2v) is 6.23. The molecular weight excluding hydrogens is 240 g/mol. The number of fused-ring (bicyclic) bond motifs is 2. The number of hydrogen-bond acceptors (Lipinski definition) is 3. The molecule has 2 unspecified atom stereocenters. The molecule has 102 valence electrons. The van der Waals surface area contributed by atoms with Gasteiger partial charge in [-0.3, -0.25) is 4.79 Å². The lowest BCUT2D eigenvalue weighted by atomic mass is 9.83. The summed E-state index contributed by atoms with van der Waals surface area (Å²) in [5.41, 5.74) is 0. The Kier molecular flexibility index (Phi) is 2.60. The topological polar surface area (TPSA) is 51.0 Å². The number of piperidine rings is 1. The fourth-order valence-corrected chi connectivity index (χ4v) is 3.98. The summed E-state index contributed by atoms with van der Waals surface area (Å²) >= 11 is 0. The molecule has 3 fully saturated rings. The van der Waals surface area contributed by atoms with E-state index in [0.717, 1.165) is 25.7 Å². The van der Waals surface area contributed by atoms with Crippen LogP contribution in [-0.2, 0) is 4.79 Å². The van der Waals surface area contributed by atoms with E-state index in [4.69, 9.17) is 0 Å². The lowest BCUT2D eigenvalue weighted by Crippen LogP contribution is -2.50. The third-order valence-corrected chi connectivity index (χ3v) is 5.18. The Bertz CT molecular complexity index is 454. The number of carbonyl (C=O) groups excluding carboxylic acids is 1. The molecule has 5 nitrogen and oxygen atoms in total. The van der Waals surface area contributed by atoms with Gasteiger partial charge in [0.15, 0.2) is 0 Å². The highest BCUT2D eigenvalue weighted by molar-refractivity contribution is 5.80. The summed E-state index contributed by atoms with van der Waals surface area (Å²) in [6.07, 6.45) is 11.3. The molecule has 1 aliphatic carbocycles. The van der Waals surface area contributed by atoms with Crippen molar-refractivity contribution in [2.75, 3.05) is 0 Å². The fraction of sp³-hybridized carbons (Fsp3) is 0.786. The van der Waals surface area contributed by atoms with Crippen LogP contribution in [0.5, 0.6) is 0 Å². The van der Waals surface area contributed by atoms with Gasteiger partial charge in [0.2, 0.25) is 5.91 Å². The number of nitrogens with zero attached hydrogens (tertiary/aromatic N) is 4. The van der Waals surface area contributed by atoms with Crippen molar-refractivity contribution in [3.05, 3.63) is 12.4 Å². The molecule has 0 aromatic carbocycles. The van der Waals surface area contributed by atoms with Crippen molar-refractivity contribution in [1.82, 2.24) is 19.9 Å². The Balaban J connectivity index is 1.51. The largest absolute Gasteiger partial charge is 0.336 e. The molecule has 1 aromatic heterocycles. The lowest BCUT2D eigenvalue weighted by Gasteiger charge is -2.41. The minimum atomic E-state index is 0.336. The van der Waals surface area contributed by atoms with E-state index in [1.54, 1.807) is 12.4 Å². The molecule has 2 saturated heterocycles. The average molecular weight is 260 g/mol. The van der Waals surface area contributed by atoms with E-state index in [1.165, 1.54) is 19.3 Å². The van der Waals surface area contributed by atoms with E-state index in [2.05, 4.69) is 15.1 Å². The van der Waals surface area contributed by atoms with Gasteiger partial charge in [0.25, 0.3) is 0 Å². The molecule has 1 saturated carbocycles. The number of rotatable bonds is 2. The Morgan fingerprint density at radius 1 is 0.947 bits per heavy atom. The first-order valence-electron chi connectivity index (χ1n) is 7.51. The van der Waals surface area contributed by atoms with Gasteiger partial charge < -0.3 is 4.90 Å². The smallest absolute Gasteiger partial charge is 0.226 e. The highest BCUT2D eigenvalue weighted by atomic mass is 16.2. The van der Waals surface area contributed by atoms with Crippen molar-refractivity contribution in [2.45, 2.75) is 63.1 Å². The van der Waals surface area contributed by atoms with Crippen LogP contribution in [0, 0.1) is 5.92 Å². The van der Waals surface area contributed by atoms with Gasteiger partial charge in [-0.25, -0.2) is 0 Å². The Morgan fingerprint density at radius 2 is 1.58 bits per heavy atom. The summed E-state index contributed by atoms with van der Waals surface area (Å²) in [6, 6.07) is 1.25. The summed E-state index contributed by atoms with van der Waals surface area (Å²) in [4.78, 5) is 16.6. The van der Waals surface area contributed by atoms with Gasteiger partial charge in [-0.05, 0) is 38.5 Å². The number of carbonyl (C=O) groups is 1. The first-order valence-corrected chi connectivity index (χ1v) is 7.51. The van der Waals surface area contributed by atoms with Gasteiger partial charge in [0.1, 0.15) is 0 Å². The lowest BCUT2D eigenvalue weighted by molar-refractivity contribution is -0.143. The third kappa shape index (κ3) is 1.78. The quantitative estimate of drug-likeness (QED) is 0.814. The van der Waals surface area contributed by atoms with Crippen molar-refractivity contribution < 1.29 is 4.79 Å². The molecule has 3 aliphatic rings. The third-order valence-electron chi connectivity index (χ3n) is 5.18. The van der Waals surface area contributed by atoms with Gasteiger partial charge in [-0.15, -0.1) is 0 Å². The normalized spacial score (nSPS) is 34.3. The molecule has 2 aliphatic heterocycles. The van der Waals surface area contributed by atoms with Crippen LogP contribution in [0.1, 0.15) is 51.0 Å². The molecule has 3 heterocycles. The Morgan fingerprint density at radius 3 is 2.11 bits per heavy atom. The van der Waals surface area contributed by atoms with E-state index >= 15 is 0 Å². The number of hydrogen-bond donors (Lipinski definition) is 0. The maximum atomic E-state index is 12.5. The maximum absolute atomic E-state index is 12.5. The molecule has 4 rings (SSSR count). The maximum Gasteiger partial charge on any atom is 0.226 e. The second kappa shape index (κ2) is 4.32. The van der Waals surface area contributed by atoms with Crippen LogP contribution in [0.25, 0.3) is 0 Å². The molecule has 0 radical (unpaired) electrons. The van der Waals surface area contributed by atoms with Gasteiger partial charge in [0.05, 0.1) is 18.4 Å². The van der Waals surface area contributed by atoms with Gasteiger partial charge in [-0.2, -0.15) is 15.0 Å². The van der Waals surface area contributed by atoms with Gasteiger partial charge in [-0.1, -0.05) is 6.42 Å². The van der Waals surface area contributed by atoms with Crippen LogP contribution in [-0.4, -0.2) is 37.9 Å². The second-order valence-electron chi connectivity index (χ2n) is 6.23. The zero-order chi connectivity index (χ0) is 12.8. The number of aromatic nitrogens is 3. The van der Waals surface area contributed by atoms with Crippen molar-refractivity contribution in [3.63, 3.8) is 0 Å². The molecule has 0 N–H and O–H groups in total. The van der Waals surface area contributed by atoms with Crippen molar-refractivity contribution in [1.29, 1.82) is 0 Å². The summed E-state index contributed by atoms with van der Waals surface area (Å²) in [7, 11) is 0. The SMILES string of the molecule is O=C(C1CCC1)N1C2CCC1CC(n1nccn1)C2. The van der Waals surface area contributed by atoms with E-state index in [0.29, 0.717) is 30.0 Å². The molecule has 19 heavy (non-hydrogen) atoms. The van der Waals surface area contributed by atoms with Crippen LogP contribution in [0.2, 0.25) is 0 Å². The highest BCUT2D eigenvalue weighted by Crippen LogP contribution is 2.42. The van der Waals surface area contributed by atoms with Crippen LogP contribution >= 0.6 is 0 Å². The van der Waals surface area contributed by atoms with Crippen LogP contribution in [0.15, 0.2) is 12.4 Å². The summed E-state index contributed by atoms with van der Waals surface area (Å²) < 4.78 is 0. The van der Waals surface area contributed by atoms with Gasteiger partial charge >= 0.3 is 0 Å².